The van der Waals surface area contributed by atoms with Crippen molar-refractivity contribution in [2.75, 3.05) is 5.32 Å². The zero-order valence-corrected chi connectivity index (χ0v) is 12.4. The highest BCUT2D eigenvalue weighted by Crippen LogP contribution is 2.24. The molecule has 0 radical (unpaired) electrons. The molecule has 0 aliphatic rings. The van der Waals surface area contributed by atoms with E-state index in [4.69, 9.17) is 29.6 Å². The molecule has 0 aromatic heterocycles. The highest BCUT2D eigenvalue weighted by molar-refractivity contribution is 7.80. The molecule has 0 aliphatic carbocycles. The second-order valence-corrected chi connectivity index (χ2v) is 5.35. The predicted molar refractivity (Wildman–Crippen MR) is 85.8 cm³/mol. The van der Waals surface area contributed by atoms with E-state index in [2.05, 4.69) is 5.32 Å². The van der Waals surface area contributed by atoms with Gasteiger partial charge in [0, 0.05) is 22.3 Å². The lowest BCUT2D eigenvalue weighted by molar-refractivity contribution is 0.627. The number of anilines is 1. The first-order valence-corrected chi connectivity index (χ1v) is 6.87. The third kappa shape index (κ3) is 3.46. The molecule has 1 unspecified atom stereocenters. The van der Waals surface area contributed by atoms with Gasteiger partial charge in [-0.3, -0.25) is 0 Å². The summed E-state index contributed by atoms with van der Waals surface area (Å²) in [5, 5.41) is 3.96. The van der Waals surface area contributed by atoms with Crippen LogP contribution in [0.15, 0.2) is 42.5 Å². The largest absolute Gasteiger partial charge is 0.389 e. The molecule has 0 bridgehead atoms. The molecule has 0 fully saturated rings. The van der Waals surface area contributed by atoms with E-state index in [1.165, 1.54) is 12.1 Å². The zero-order valence-electron chi connectivity index (χ0n) is 10.9. The molecule has 2 nitrogen and oxygen atoms in total. The van der Waals surface area contributed by atoms with Crippen LogP contribution < -0.4 is 11.1 Å². The van der Waals surface area contributed by atoms with E-state index >= 15 is 0 Å². The number of nitrogens with two attached hydrogens (primary N) is 1. The van der Waals surface area contributed by atoms with Crippen LogP contribution in [-0.2, 0) is 0 Å². The fraction of sp³-hybridized carbons (Fsp3) is 0.133. The van der Waals surface area contributed by atoms with Crippen LogP contribution in [0.3, 0.4) is 0 Å². The Balaban J connectivity index is 2.25. The number of thiocarbonyl (C=S) groups is 1. The SMILES string of the molecule is CC(Nc1ccc(F)cc1C(N)=S)c1ccc(Cl)cc1. The van der Waals surface area contributed by atoms with Crippen molar-refractivity contribution in [3.63, 3.8) is 0 Å². The number of nitrogens with one attached hydrogen (secondary N) is 1. The molecular formula is C15H14ClFN2S. The van der Waals surface area contributed by atoms with Gasteiger partial charge in [0.2, 0.25) is 0 Å². The van der Waals surface area contributed by atoms with Crippen LogP contribution in [0.4, 0.5) is 10.1 Å². The summed E-state index contributed by atoms with van der Waals surface area (Å²) in [5.74, 6) is -0.363. The molecule has 5 heteroatoms. The molecule has 104 valence electrons. The molecule has 1 atom stereocenters. The third-order valence-corrected chi connectivity index (χ3v) is 3.46. The molecule has 2 aromatic carbocycles. The molecule has 0 aliphatic heterocycles. The first-order valence-electron chi connectivity index (χ1n) is 6.08. The van der Waals surface area contributed by atoms with Gasteiger partial charge in [0.15, 0.2) is 0 Å². The maximum absolute atomic E-state index is 13.3. The molecule has 20 heavy (non-hydrogen) atoms. The van der Waals surface area contributed by atoms with Crippen molar-refractivity contribution in [3.05, 3.63) is 64.4 Å². The lowest BCUT2D eigenvalue weighted by Crippen LogP contribution is -2.15. The maximum atomic E-state index is 13.3. The van der Waals surface area contributed by atoms with Gasteiger partial charge in [-0.2, -0.15) is 0 Å². The van der Waals surface area contributed by atoms with Crippen LogP contribution >= 0.6 is 23.8 Å². The summed E-state index contributed by atoms with van der Waals surface area (Å²) in [5.41, 5.74) is 7.90. The Hall–Kier alpha value is -1.65. The van der Waals surface area contributed by atoms with Gasteiger partial charge >= 0.3 is 0 Å². The van der Waals surface area contributed by atoms with Crippen LogP contribution in [-0.4, -0.2) is 4.99 Å². The van der Waals surface area contributed by atoms with Crippen molar-refractivity contribution in [1.82, 2.24) is 0 Å². The van der Waals surface area contributed by atoms with Gasteiger partial charge in [-0.25, -0.2) is 4.39 Å². The Morgan fingerprint density at radius 3 is 2.50 bits per heavy atom. The molecule has 0 amide bonds. The molecule has 0 spiro atoms. The number of rotatable bonds is 4. The van der Waals surface area contributed by atoms with Crippen LogP contribution in [0.5, 0.6) is 0 Å². The minimum Gasteiger partial charge on any atom is -0.389 e. The highest BCUT2D eigenvalue weighted by Gasteiger charge is 2.11. The summed E-state index contributed by atoms with van der Waals surface area (Å²) in [4.78, 5) is 0.162. The Kier molecular flexibility index (Phi) is 4.57. The van der Waals surface area contributed by atoms with Crippen molar-refractivity contribution in [1.29, 1.82) is 0 Å². The van der Waals surface area contributed by atoms with Crippen molar-refractivity contribution in [2.45, 2.75) is 13.0 Å². The Morgan fingerprint density at radius 2 is 1.90 bits per heavy atom. The second kappa shape index (κ2) is 6.20. The fourth-order valence-corrected chi connectivity index (χ4v) is 2.21. The summed E-state index contributed by atoms with van der Waals surface area (Å²) in [6, 6.07) is 11.9. The van der Waals surface area contributed by atoms with Crippen molar-refractivity contribution in [2.24, 2.45) is 5.73 Å². The summed E-state index contributed by atoms with van der Waals surface area (Å²) in [7, 11) is 0. The summed E-state index contributed by atoms with van der Waals surface area (Å²) in [6.45, 7) is 2.00. The normalized spacial score (nSPS) is 11.9. The van der Waals surface area contributed by atoms with E-state index in [-0.39, 0.29) is 16.8 Å². The standard InChI is InChI=1S/C15H14ClFN2S/c1-9(10-2-4-11(16)5-3-10)19-14-7-6-12(17)8-13(14)15(18)20/h2-9,19H,1H3,(H2,18,20). The molecular weight excluding hydrogens is 295 g/mol. The first kappa shape index (κ1) is 14.8. The minimum absolute atomic E-state index is 0.0193. The quantitative estimate of drug-likeness (QED) is 0.828. The van der Waals surface area contributed by atoms with E-state index in [1.54, 1.807) is 6.07 Å². The Bertz CT molecular complexity index is 628. The zero-order chi connectivity index (χ0) is 14.7. The van der Waals surface area contributed by atoms with Gasteiger partial charge in [0.1, 0.15) is 10.8 Å². The molecule has 2 aromatic rings. The van der Waals surface area contributed by atoms with Crippen molar-refractivity contribution >= 4 is 34.5 Å². The van der Waals surface area contributed by atoms with E-state index in [1.807, 2.05) is 31.2 Å². The number of halogens is 2. The first-order chi connectivity index (χ1) is 9.47. The molecule has 3 N–H and O–H groups in total. The number of hydrogen-bond acceptors (Lipinski definition) is 2. The van der Waals surface area contributed by atoms with Gasteiger partial charge in [-0.1, -0.05) is 36.0 Å². The van der Waals surface area contributed by atoms with E-state index < -0.39 is 0 Å². The molecule has 2 rings (SSSR count). The number of hydrogen-bond donors (Lipinski definition) is 2. The van der Waals surface area contributed by atoms with Crippen LogP contribution in [0, 0.1) is 5.82 Å². The molecule has 0 heterocycles. The lowest BCUT2D eigenvalue weighted by atomic mass is 10.1. The van der Waals surface area contributed by atoms with Crippen molar-refractivity contribution < 1.29 is 4.39 Å². The number of benzene rings is 2. The highest BCUT2D eigenvalue weighted by atomic mass is 35.5. The summed E-state index contributed by atoms with van der Waals surface area (Å²) in [6.07, 6.45) is 0. The monoisotopic (exact) mass is 308 g/mol. The third-order valence-electron chi connectivity index (χ3n) is 2.99. The van der Waals surface area contributed by atoms with Gasteiger partial charge in [-0.05, 0) is 42.8 Å². The Labute approximate surface area is 127 Å². The van der Waals surface area contributed by atoms with Gasteiger partial charge in [-0.15, -0.1) is 0 Å². The van der Waals surface area contributed by atoms with Crippen LogP contribution in [0.2, 0.25) is 5.02 Å². The summed E-state index contributed by atoms with van der Waals surface area (Å²) >= 11 is 10.8. The van der Waals surface area contributed by atoms with Gasteiger partial charge < -0.3 is 11.1 Å². The van der Waals surface area contributed by atoms with Gasteiger partial charge in [0.05, 0.1) is 0 Å². The Morgan fingerprint density at radius 1 is 1.25 bits per heavy atom. The van der Waals surface area contributed by atoms with Crippen molar-refractivity contribution in [3.8, 4) is 0 Å². The van der Waals surface area contributed by atoms with E-state index in [9.17, 15) is 4.39 Å². The second-order valence-electron chi connectivity index (χ2n) is 4.47. The minimum atomic E-state index is -0.363. The fourth-order valence-electron chi connectivity index (χ4n) is 1.91. The molecule has 0 saturated heterocycles. The predicted octanol–water partition coefficient (Wildman–Crippen LogP) is 4.29. The molecule has 0 saturated carbocycles. The summed E-state index contributed by atoms with van der Waals surface area (Å²) < 4.78 is 13.3. The average Bonchev–Trinajstić information content (AvgIpc) is 2.41. The van der Waals surface area contributed by atoms with E-state index in [0.717, 1.165) is 5.56 Å². The van der Waals surface area contributed by atoms with Crippen LogP contribution in [0.1, 0.15) is 24.1 Å². The maximum Gasteiger partial charge on any atom is 0.124 e. The van der Waals surface area contributed by atoms with Crippen LogP contribution in [0.25, 0.3) is 0 Å². The average molecular weight is 309 g/mol. The van der Waals surface area contributed by atoms with E-state index in [0.29, 0.717) is 16.3 Å². The smallest absolute Gasteiger partial charge is 0.124 e. The van der Waals surface area contributed by atoms with Gasteiger partial charge in [0.25, 0.3) is 0 Å². The topological polar surface area (TPSA) is 38.0 Å². The lowest BCUT2D eigenvalue weighted by Gasteiger charge is -2.18.